The summed E-state index contributed by atoms with van der Waals surface area (Å²) in [7, 11) is 5.94. The summed E-state index contributed by atoms with van der Waals surface area (Å²) >= 11 is 0. The largest absolute Gasteiger partial charge is 0.399 e. The van der Waals surface area contributed by atoms with E-state index < -0.39 is 0 Å². The highest BCUT2D eigenvalue weighted by molar-refractivity contribution is 5.55. The molecular weight excluding hydrogens is 193 g/mol. The van der Waals surface area contributed by atoms with Gasteiger partial charge in [0.25, 0.3) is 0 Å². The van der Waals surface area contributed by atoms with Crippen LogP contribution in [0.3, 0.4) is 0 Å². The fraction of sp³-hybridized carbons (Fsp3) is 0.455. The van der Waals surface area contributed by atoms with Crippen LogP contribution >= 0.6 is 0 Å². The Morgan fingerprint density at radius 2 is 1.80 bits per heavy atom. The molecule has 1 aromatic carbocycles. The molecule has 84 valence electrons. The van der Waals surface area contributed by atoms with Gasteiger partial charge in [-0.1, -0.05) is 0 Å². The van der Waals surface area contributed by atoms with Crippen LogP contribution < -0.4 is 10.6 Å². The molecule has 0 aliphatic carbocycles. The first kappa shape index (κ1) is 11.8. The van der Waals surface area contributed by atoms with Crippen molar-refractivity contribution in [1.29, 1.82) is 0 Å². The molecule has 0 bridgehead atoms. The first-order chi connectivity index (χ1) is 6.99. The number of benzene rings is 1. The molecule has 15 heavy (non-hydrogen) atoms. The summed E-state index contributed by atoms with van der Waals surface area (Å²) in [5.74, 6) is -0.290. The molecule has 1 aromatic rings. The van der Waals surface area contributed by atoms with E-state index in [-0.39, 0.29) is 5.82 Å². The van der Waals surface area contributed by atoms with Crippen molar-refractivity contribution in [3.05, 3.63) is 24.0 Å². The van der Waals surface area contributed by atoms with E-state index in [0.717, 1.165) is 18.8 Å². The van der Waals surface area contributed by atoms with E-state index in [1.54, 1.807) is 6.07 Å². The van der Waals surface area contributed by atoms with Gasteiger partial charge in [0.1, 0.15) is 5.82 Å². The van der Waals surface area contributed by atoms with Crippen molar-refractivity contribution < 1.29 is 4.39 Å². The zero-order valence-electron chi connectivity index (χ0n) is 9.50. The van der Waals surface area contributed by atoms with Gasteiger partial charge in [0.05, 0.1) is 0 Å². The van der Waals surface area contributed by atoms with Crippen LogP contribution in [0.25, 0.3) is 0 Å². The van der Waals surface area contributed by atoms with Gasteiger partial charge in [-0.3, -0.25) is 0 Å². The monoisotopic (exact) mass is 211 g/mol. The van der Waals surface area contributed by atoms with Crippen LogP contribution in [0, 0.1) is 5.82 Å². The molecule has 1 rings (SSSR count). The number of halogens is 1. The second-order valence-electron chi connectivity index (χ2n) is 3.97. The van der Waals surface area contributed by atoms with E-state index in [1.165, 1.54) is 12.1 Å². The standard InChI is InChI=1S/C11H18FN3/c1-14(2)4-5-15(3)11-7-9(12)6-10(13)8-11/h6-8H,4-5,13H2,1-3H3. The van der Waals surface area contributed by atoms with Gasteiger partial charge in [-0.15, -0.1) is 0 Å². The van der Waals surface area contributed by atoms with E-state index in [4.69, 9.17) is 5.73 Å². The Balaban J connectivity index is 2.68. The minimum Gasteiger partial charge on any atom is -0.399 e. The number of likely N-dealkylation sites (N-methyl/N-ethyl adjacent to an activating group) is 2. The Kier molecular flexibility index (Phi) is 3.91. The van der Waals surface area contributed by atoms with Crippen LogP contribution in [0.15, 0.2) is 18.2 Å². The van der Waals surface area contributed by atoms with Crippen molar-refractivity contribution in [2.45, 2.75) is 0 Å². The maximum atomic E-state index is 13.1. The number of hydrogen-bond donors (Lipinski definition) is 1. The fourth-order valence-corrected chi connectivity index (χ4v) is 1.30. The summed E-state index contributed by atoms with van der Waals surface area (Å²) < 4.78 is 13.1. The molecule has 0 spiro atoms. The van der Waals surface area contributed by atoms with Crippen molar-refractivity contribution in [3.63, 3.8) is 0 Å². The third kappa shape index (κ3) is 3.75. The van der Waals surface area contributed by atoms with Gasteiger partial charge in [-0.2, -0.15) is 0 Å². The lowest BCUT2D eigenvalue weighted by Crippen LogP contribution is -2.28. The minimum atomic E-state index is -0.290. The molecule has 0 unspecified atom stereocenters. The van der Waals surface area contributed by atoms with E-state index in [1.807, 2.05) is 26.0 Å². The van der Waals surface area contributed by atoms with Gasteiger partial charge in [0.15, 0.2) is 0 Å². The number of nitrogens with two attached hydrogens (primary N) is 1. The molecule has 2 N–H and O–H groups in total. The molecule has 3 nitrogen and oxygen atoms in total. The molecule has 0 atom stereocenters. The molecule has 4 heteroatoms. The first-order valence-electron chi connectivity index (χ1n) is 4.91. The smallest absolute Gasteiger partial charge is 0.127 e. The lowest BCUT2D eigenvalue weighted by molar-refractivity contribution is 0.416. The number of anilines is 2. The Bertz CT molecular complexity index is 305. The molecule has 0 aliphatic rings. The highest BCUT2D eigenvalue weighted by Gasteiger charge is 2.04. The second kappa shape index (κ2) is 4.98. The van der Waals surface area contributed by atoms with Gasteiger partial charge >= 0.3 is 0 Å². The maximum Gasteiger partial charge on any atom is 0.127 e. The van der Waals surface area contributed by atoms with Gasteiger partial charge < -0.3 is 15.5 Å². The Morgan fingerprint density at radius 1 is 1.13 bits per heavy atom. The zero-order valence-corrected chi connectivity index (χ0v) is 9.50. The lowest BCUT2D eigenvalue weighted by atomic mass is 10.2. The van der Waals surface area contributed by atoms with Crippen molar-refractivity contribution in [3.8, 4) is 0 Å². The summed E-state index contributed by atoms with van der Waals surface area (Å²) in [5, 5.41) is 0. The van der Waals surface area contributed by atoms with Crippen molar-refractivity contribution in [2.24, 2.45) is 0 Å². The zero-order chi connectivity index (χ0) is 11.4. The topological polar surface area (TPSA) is 32.5 Å². The van der Waals surface area contributed by atoms with Crippen LogP contribution in [0.4, 0.5) is 15.8 Å². The molecule has 0 fully saturated rings. The Labute approximate surface area is 90.3 Å². The molecule has 0 saturated heterocycles. The average Bonchev–Trinajstić information content (AvgIpc) is 2.12. The fourth-order valence-electron chi connectivity index (χ4n) is 1.30. The Hall–Kier alpha value is -1.29. The van der Waals surface area contributed by atoms with Gasteiger partial charge in [0.2, 0.25) is 0 Å². The molecule has 0 saturated carbocycles. The highest BCUT2D eigenvalue weighted by atomic mass is 19.1. The number of nitrogen functional groups attached to an aromatic ring is 1. The van der Waals surface area contributed by atoms with Gasteiger partial charge in [-0.25, -0.2) is 4.39 Å². The Morgan fingerprint density at radius 3 is 2.33 bits per heavy atom. The normalized spacial score (nSPS) is 10.7. The van der Waals surface area contributed by atoms with Crippen LogP contribution in [-0.2, 0) is 0 Å². The number of rotatable bonds is 4. The van der Waals surface area contributed by atoms with Crippen molar-refractivity contribution in [2.75, 3.05) is 44.9 Å². The third-order valence-corrected chi connectivity index (χ3v) is 2.23. The predicted molar refractivity (Wildman–Crippen MR) is 62.6 cm³/mol. The summed E-state index contributed by atoms with van der Waals surface area (Å²) in [6.45, 7) is 1.77. The van der Waals surface area contributed by atoms with Crippen LogP contribution in [0.5, 0.6) is 0 Å². The van der Waals surface area contributed by atoms with Gasteiger partial charge in [-0.05, 0) is 32.3 Å². The van der Waals surface area contributed by atoms with Crippen molar-refractivity contribution >= 4 is 11.4 Å². The molecular formula is C11H18FN3. The summed E-state index contributed by atoms with van der Waals surface area (Å²) in [6, 6.07) is 4.59. The van der Waals surface area contributed by atoms with E-state index in [9.17, 15) is 4.39 Å². The van der Waals surface area contributed by atoms with Crippen LogP contribution in [-0.4, -0.2) is 39.1 Å². The molecule has 0 amide bonds. The quantitative estimate of drug-likeness (QED) is 0.764. The summed E-state index contributed by atoms with van der Waals surface area (Å²) in [5.41, 5.74) is 6.85. The minimum absolute atomic E-state index is 0.290. The summed E-state index contributed by atoms with van der Waals surface area (Å²) in [4.78, 5) is 4.07. The van der Waals surface area contributed by atoms with E-state index in [2.05, 4.69) is 4.90 Å². The van der Waals surface area contributed by atoms with Crippen LogP contribution in [0.2, 0.25) is 0 Å². The second-order valence-corrected chi connectivity index (χ2v) is 3.97. The number of nitrogens with zero attached hydrogens (tertiary/aromatic N) is 2. The molecule has 0 radical (unpaired) electrons. The SMILES string of the molecule is CN(C)CCN(C)c1cc(N)cc(F)c1. The first-order valence-corrected chi connectivity index (χ1v) is 4.91. The van der Waals surface area contributed by atoms with Crippen molar-refractivity contribution in [1.82, 2.24) is 4.90 Å². The lowest BCUT2D eigenvalue weighted by Gasteiger charge is -2.21. The van der Waals surface area contributed by atoms with E-state index in [0.29, 0.717) is 5.69 Å². The maximum absolute atomic E-state index is 13.1. The molecule has 0 aromatic heterocycles. The summed E-state index contributed by atoms with van der Waals surface area (Å²) in [6.07, 6.45) is 0. The van der Waals surface area contributed by atoms with Crippen LogP contribution in [0.1, 0.15) is 0 Å². The molecule has 0 aliphatic heterocycles. The average molecular weight is 211 g/mol. The highest BCUT2D eigenvalue weighted by Crippen LogP contribution is 2.18. The number of hydrogen-bond acceptors (Lipinski definition) is 3. The predicted octanol–water partition coefficient (Wildman–Crippen LogP) is 1.41. The van der Waals surface area contributed by atoms with E-state index >= 15 is 0 Å². The third-order valence-electron chi connectivity index (χ3n) is 2.23. The van der Waals surface area contributed by atoms with Gasteiger partial charge in [0, 0.05) is 31.5 Å². The molecule has 0 heterocycles.